The first kappa shape index (κ1) is 3.34. The molecule has 0 aromatic heterocycles. The number of ketones is 1. The van der Waals surface area contributed by atoms with Crippen LogP contribution in [0.5, 0.6) is 0 Å². The van der Waals surface area contributed by atoms with Crippen LogP contribution in [0.3, 0.4) is 0 Å². The minimum atomic E-state index is 0.225. The lowest BCUT2D eigenvalue weighted by molar-refractivity contribution is -0.109. The van der Waals surface area contributed by atoms with Crippen molar-refractivity contribution in [2.24, 2.45) is 0 Å². The summed E-state index contributed by atoms with van der Waals surface area (Å²) in [5.41, 5.74) is 0. The second kappa shape index (κ2) is 0.805. The van der Waals surface area contributed by atoms with Gasteiger partial charge in [-0.1, -0.05) is 15.9 Å². The molecule has 1 fully saturated rings. The first-order valence-electron chi connectivity index (χ1n) is 1.47. The first-order chi connectivity index (χ1) is 2.30. The number of hydrogen-bond donors (Lipinski definition) is 0. The Morgan fingerprint density at radius 1 is 2.00 bits per heavy atom. The van der Waals surface area contributed by atoms with Crippen LogP contribution >= 0.6 is 15.9 Å². The molecule has 0 aliphatic heterocycles. The van der Waals surface area contributed by atoms with Gasteiger partial charge in [-0.25, -0.2) is 0 Å². The number of carbonyl (C=O) groups is 1. The quantitative estimate of drug-likeness (QED) is 0.447. The van der Waals surface area contributed by atoms with Crippen molar-refractivity contribution in [3.63, 3.8) is 0 Å². The summed E-state index contributed by atoms with van der Waals surface area (Å²) in [5, 5.41) is 0. The molecule has 0 N–H and O–H groups in total. The van der Waals surface area contributed by atoms with E-state index in [-0.39, 0.29) is 4.83 Å². The highest BCUT2D eigenvalue weighted by atomic mass is 79.9. The van der Waals surface area contributed by atoms with E-state index in [1.54, 1.807) is 0 Å². The Balaban J connectivity index is 2.47. The molecule has 1 unspecified atom stereocenters. The predicted octanol–water partition coefficient (Wildman–Crippen LogP) is 0.723. The van der Waals surface area contributed by atoms with Crippen LogP contribution in [0.4, 0.5) is 0 Å². The second-order valence-electron chi connectivity index (χ2n) is 1.14. The largest absolute Gasteiger partial charge is 0.298 e. The first-order valence-corrected chi connectivity index (χ1v) is 2.39. The zero-order chi connectivity index (χ0) is 3.86. The SMILES string of the molecule is O=C1CC1Br. The standard InChI is InChI=1S/C3H3BrO/c4-2-1-3(2)5/h2H,1H2. The van der Waals surface area contributed by atoms with Crippen molar-refractivity contribution in [1.29, 1.82) is 0 Å². The molecule has 1 atom stereocenters. The van der Waals surface area contributed by atoms with Crippen LogP contribution in [0.2, 0.25) is 0 Å². The summed E-state index contributed by atoms with van der Waals surface area (Å²) in [6, 6.07) is 0. The van der Waals surface area contributed by atoms with Crippen LogP contribution in [0.1, 0.15) is 6.42 Å². The molecule has 0 saturated heterocycles. The minimum Gasteiger partial charge on any atom is -0.298 e. The highest BCUT2D eigenvalue weighted by molar-refractivity contribution is 9.10. The topological polar surface area (TPSA) is 17.1 Å². The molecule has 0 bridgehead atoms. The minimum absolute atomic E-state index is 0.225. The highest BCUT2D eigenvalue weighted by Crippen LogP contribution is 2.22. The van der Waals surface area contributed by atoms with Crippen molar-refractivity contribution in [3.8, 4) is 0 Å². The summed E-state index contributed by atoms with van der Waals surface area (Å²) in [5.74, 6) is 0.338. The Kier molecular flexibility index (Phi) is 0.539. The molecule has 0 aromatic carbocycles. The van der Waals surface area contributed by atoms with Crippen molar-refractivity contribution in [1.82, 2.24) is 0 Å². The number of alkyl halides is 1. The summed E-state index contributed by atoms with van der Waals surface area (Å²) < 4.78 is 0. The molecule has 1 nitrogen and oxygen atoms in total. The van der Waals surface area contributed by atoms with Gasteiger partial charge in [0.1, 0.15) is 5.78 Å². The molecule has 0 amide bonds. The predicted molar refractivity (Wildman–Crippen MR) is 22.3 cm³/mol. The Morgan fingerprint density at radius 3 is 2.20 bits per heavy atom. The number of rotatable bonds is 0. The van der Waals surface area contributed by atoms with Gasteiger partial charge in [-0.05, 0) is 0 Å². The van der Waals surface area contributed by atoms with E-state index in [4.69, 9.17) is 0 Å². The van der Waals surface area contributed by atoms with E-state index in [0.717, 1.165) is 6.42 Å². The monoisotopic (exact) mass is 134 g/mol. The van der Waals surface area contributed by atoms with E-state index in [2.05, 4.69) is 15.9 Å². The molecule has 1 rings (SSSR count). The molecule has 5 heavy (non-hydrogen) atoms. The van der Waals surface area contributed by atoms with Crippen LogP contribution in [-0.2, 0) is 4.79 Å². The average molecular weight is 135 g/mol. The Labute approximate surface area is 38.5 Å². The molecule has 0 spiro atoms. The lowest BCUT2D eigenvalue weighted by atomic mass is 10.9. The maximum atomic E-state index is 9.84. The summed E-state index contributed by atoms with van der Waals surface area (Å²) in [6.45, 7) is 0. The zero-order valence-electron chi connectivity index (χ0n) is 2.57. The van der Waals surface area contributed by atoms with Gasteiger partial charge in [-0.15, -0.1) is 0 Å². The van der Waals surface area contributed by atoms with Gasteiger partial charge in [0.2, 0.25) is 0 Å². The number of halogens is 1. The van der Waals surface area contributed by atoms with Crippen molar-refractivity contribution >= 4 is 21.7 Å². The van der Waals surface area contributed by atoms with Crippen LogP contribution in [0.25, 0.3) is 0 Å². The van der Waals surface area contributed by atoms with Gasteiger partial charge in [-0.2, -0.15) is 0 Å². The van der Waals surface area contributed by atoms with E-state index in [1.807, 2.05) is 0 Å². The molecule has 0 aromatic rings. The van der Waals surface area contributed by atoms with Crippen LogP contribution in [0, 0.1) is 0 Å². The van der Waals surface area contributed by atoms with Crippen molar-refractivity contribution in [2.45, 2.75) is 11.2 Å². The van der Waals surface area contributed by atoms with Gasteiger partial charge in [0, 0.05) is 6.42 Å². The van der Waals surface area contributed by atoms with Gasteiger partial charge >= 0.3 is 0 Å². The van der Waals surface area contributed by atoms with Gasteiger partial charge in [0.05, 0.1) is 4.83 Å². The lowest BCUT2D eigenvalue weighted by Crippen LogP contribution is -1.62. The molecule has 28 valence electrons. The summed E-state index contributed by atoms with van der Waals surface area (Å²) >= 11 is 3.10. The summed E-state index contributed by atoms with van der Waals surface area (Å²) in [4.78, 5) is 10.1. The van der Waals surface area contributed by atoms with E-state index in [9.17, 15) is 4.79 Å². The number of carbonyl (C=O) groups excluding carboxylic acids is 1. The van der Waals surface area contributed by atoms with Gasteiger partial charge in [-0.3, -0.25) is 4.79 Å². The third kappa shape index (κ3) is 0.507. The summed E-state index contributed by atoms with van der Waals surface area (Å²) in [7, 11) is 0. The fourth-order valence-electron chi connectivity index (χ4n) is 0.118. The molecule has 1 aliphatic rings. The van der Waals surface area contributed by atoms with Crippen molar-refractivity contribution < 1.29 is 4.79 Å². The molecular weight excluding hydrogens is 132 g/mol. The third-order valence-corrected chi connectivity index (χ3v) is 1.40. The number of hydrogen-bond acceptors (Lipinski definition) is 1. The molecule has 0 heterocycles. The third-order valence-electron chi connectivity index (χ3n) is 0.570. The van der Waals surface area contributed by atoms with Crippen molar-refractivity contribution in [3.05, 3.63) is 0 Å². The molecule has 2 heteroatoms. The van der Waals surface area contributed by atoms with E-state index < -0.39 is 0 Å². The van der Waals surface area contributed by atoms with Gasteiger partial charge in [0.25, 0.3) is 0 Å². The number of Topliss-reactive ketones (excluding diaryl/α,β-unsaturated/α-hetero) is 1. The maximum absolute atomic E-state index is 9.84. The molecule has 0 radical (unpaired) electrons. The molecular formula is C3H3BrO. The van der Waals surface area contributed by atoms with Crippen LogP contribution < -0.4 is 0 Å². The lowest BCUT2D eigenvalue weighted by Gasteiger charge is -1.49. The fraction of sp³-hybridized carbons (Fsp3) is 0.667. The fourth-order valence-corrected chi connectivity index (χ4v) is 0.437. The average Bonchev–Trinajstić information content (AvgIpc) is 1.79. The summed E-state index contributed by atoms with van der Waals surface area (Å²) in [6.07, 6.45) is 0.750. The Hall–Kier alpha value is 0.150. The van der Waals surface area contributed by atoms with Crippen molar-refractivity contribution in [2.75, 3.05) is 0 Å². The van der Waals surface area contributed by atoms with Gasteiger partial charge in [0.15, 0.2) is 0 Å². The van der Waals surface area contributed by atoms with Gasteiger partial charge < -0.3 is 0 Å². The van der Waals surface area contributed by atoms with Crippen LogP contribution in [-0.4, -0.2) is 10.6 Å². The maximum Gasteiger partial charge on any atom is 0.148 e. The molecule has 1 aliphatic carbocycles. The second-order valence-corrected chi connectivity index (χ2v) is 2.24. The zero-order valence-corrected chi connectivity index (χ0v) is 4.16. The van der Waals surface area contributed by atoms with Crippen LogP contribution in [0.15, 0.2) is 0 Å². The molecule has 1 saturated carbocycles. The smallest absolute Gasteiger partial charge is 0.148 e. The Morgan fingerprint density at radius 2 is 2.20 bits per heavy atom. The van der Waals surface area contributed by atoms with E-state index in [1.165, 1.54) is 0 Å². The normalized spacial score (nSPS) is 34.6. The van der Waals surface area contributed by atoms with E-state index in [0.29, 0.717) is 5.78 Å². The van der Waals surface area contributed by atoms with E-state index >= 15 is 0 Å². The highest BCUT2D eigenvalue weighted by Gasteiger charge is 2.30. The Bertz CT molecular complexity index is 69.3.